The Bertz CT molecular complexity index is 207. The lowest BCUT2D eigenvalue weighted by molar-refractivity contribution is 0.0483. The molecule has 1 fully saturated rings. The van der Waals surface area contributed by atoms with E-state index in [1.54, 1.807) is 0 Å². The number of ether oxygens (including phenoxy) is 1. The van der Waals surface area contributed by atoms with Crippen molar-refractivity contribution in [3.8, 4) is 0 Å². The van der Waals surface area contributed by atoms with Gasteiger partial charge >= 0.3 is 6.09 Å². The first-order chi connectivity index (χ1) is 6.97. The lowest BCUT2D eigenvalue weighted by Gasteiger charge is -2.25. The van der Waals surface area contributed by atoms with E-state index in [2.05, 4.69) is 16.2 Å². The Morgan fingerprint density at radius 2 is 1.93 bits per heavy atom. The third-order valence-corrected chi connectivity index (χ3v) is 2.12. The summed E-state index contributed by atoms with van der Waals surface area (Å²) >= 11 is 0. The van der Waals surface area contributed by atoms with Crippen LogP contribution >= 0.6 is 0 Å². The van der Waals surface area contributed by atoms with Crippen LogP contribution in [0.5, 0.6) is 0 Å². The van der Waals surface area contributed by atoms with Gasteiger partial charge in [-0.1, -0.05) is 0 Å². The molecule has 0 unspecified atom stereocenters. The number of rotatable bonds is 2. The van der Waals surface area contributed by atoms with Crippen molar-refractivity contribution >= 4 is 6.09 Å². The summed E-state index contributed by atoms with van der Waals surface area (Å²) in [5, 5.41) is 3.26. The summed E-state index contributed by atoms with van der Waals surface area (Å²) in [5.41, 5.74) is 5.10. The summed E-state index contributed by atoms with van der Waals surface area (Å²) in [6, 6.07) is 0.346. The average molecular weight is 215 g/mol. The highest BCUT2D eigenvalue weighted by atomic mass is 16.6. The topological polar surface area (TPSA) is 62.4 Å². The Kier molecular flexibility index (Phi) is 4.35. The molecule has 0 aromatic rings. The highest BCUT2D eigenvalue weighted by molar-refractivity contribution is 5.67. The van der Waals surface area contributed by atoms with Gasteiger partial charge in [0.15, 0.2) is 0 Å². The number of hydrogen-bond acceptors (Lipinski definition) is 4. The molecule has 1 aliphatic rings. The third-order valence-electron chi connectivity index (χ3n) is 2.12. The lowest BCUT2D eigenvalue weighted by Crippen LogP contribution is -2.49. The fraction of sp³-hybridized carbons (Fsp3) is 0.900. The largest absolute Gasteiger partial charge is 0.443 e. The van der Waals surface area contributed by atoms with Crippen LogP contribution in [0.25, 0.3) is 0 Å². The molecule has 0 atom stereocenters. The van der Waals surface area contributed by atoms with E-state index < -0.39 is 11.7 Å². The predicted molar refractivity (Wildman–Crippen MR) is 58.4 cm³/mol. The van der Waals surface area contributed by atoms with Crippen LogP contribution in [0.1, 0.15) is 33.6 Å². The standard InChI is InChI=1S/C10H21N3O2/c1-10(2,3)15-9(14)13-12-8-4-6-11-7-5-8/h8,11-12H,4-7H2,1-3H3,(H,13,14). The van der Waals surface area contributed by atoms with Crippen LogP contribution in [0.2, 0.25) is 0 Å². The molecule has 0 bridgehead atoms. The molecular weight excluding hydrogens is 194 g/mol. The lowest BCUT2D eigenvalue weighted by atomic mass is 10.1. The second-order valence-electron chi connectivity index (χ2n) is 4.80. The molecule has 0 spiro atoms. The van der Waals surface area contributed by atoms with Crippen molar-refractivity contribution in [2.45, 2.75) is 45.3 Å². The van der Waals surface area contributed by atoms with Crippen molar-refractivity contribution in [1.82, 2.24) is 16.2 Å². The van der Waals surface area contributed by atoms with Gasteiger partial charge in [0.1, 0.15) is 5.60 Å². The molecule has 3 N–H and O–H groups in total. The Hall–Kier alpha value is -0.810. The predicted octanol–water partition coefficient (Wildman–Crippen LogP) is 0.768. The van der Waals surface area contributed by atoms with E-state index in [0.717, 1.165) is 25.9 Å². The fourth-order valence-electron chi connectivity index (χ4n) is 1.43. The van der Waals surface area contributed by atoms with Gasteiger partial charge in [0, 0.05) is 6.04 Å². The minimum absolute atomic E-state index is 0.346. The van der Waals surface area contributed by atoms with E-state index in [1.807, 2.05) is 20.8 Å². The van der Waals surface area contributed by atoms with Gasteiger partial charge in [-0.25, -0.2) is 10.2 Å². The van der Waals surface area contributed by atoms with Gasteiger partial charge in [0.05, 0.1) is 0 Å². The molecule has 0 saturated carbocycles. The zero-order chi connectivity index (χ0) is 11.3. The second kappa shape index (κ2) is 5.32. The quantitative estimate of drug-likeness (QED) is 0.595. The smallest absolute Gasteiger partial charge is 0.422 e. The van der Waals surface area contributed by atoms with Crippen LogP contribution in [0, 0.1) is 0 Å². The number of hydrazine groups is 1. The molecule has 5 heteroatoms. The van der Waals surface area contributed by atoms with Crippen LogP contribution in [0.3, 0.4) is 0 Å². The first-order valence-electron chi connectivity index (χ1n) is 5.42. The number of amides is 1. The molecule has 1 aliphatic heterocycles. The molecule has 1 saturated heterocycles. The van der Waals surface area contributed by atoms with E-state index in [1.165, 1.54) is 0 Å². The summed E-state index contributed by atoms with van der Waals surface area (Å²) in [5.74, 6) is 0. The van der Waals surface area contributed by atoms with Gasteiger partial charge in [-0.2, -0.15) is 0 Å². The maximum absolute atomic E-state index is 11.3. The van der Waals surface area contributed by atoms with Gasteiger partial charge in [-0.3, -0.25) is 5.43 Å². The van der Waals surface area contributed by atoms with Crippen LogP contribution < -0.4 is 16.2 Å². The van der Waals surface area contributed by atoms with Crippen molar-refractivity contribution in [2.75, 3.05) is 13.1 Å². The fourth-order valence-corrected chi connectivity index (χ4v) is 1.43. The minimum Gasteiger partial charge on any atom is -0.443 e. The summed E-state index contributed by atoms with van der Waals surface area (Å²) in [4.78, 5) is 11.3. The van der Waals surface area contributed by atoms with Crippen LogP contribution in [0.15, 0.2) is 0 Å². The average Bonchev–Trinajstić information content (AvgIpc) is 2.14. The third kappa shape index (κ3) is 5.59. The van der Waals surface area contributed by atoms with E-state index in [4.69, 9.17) is 4.74 Å². The Morgan fingerprint density at radius 3 is 2.47 bits per heavy atom. The number of carbonyl (C=O) groups excluding carboxylic acids is 1. The van der Waals surface area contributed by atoms with Gasteiger partial charge in [-0.15, -0.1) is 0 Å². The summed E-state index contributed by atoms with van der Waals surface area (Å²) in [6.45, 7) is 7.52. The van der Waals surface area contributed by atoms with Gasteiger partial charge in [-0.05, 0) is 46.7 Å². The normalized spacial score (nSPS) is 18.6. The zero-order valence-corrected chi connectivity index (χ0v) is 9.72. The number of piperidine rings is 1. The molecule has 88 valence electrons. The molecule has 0 aliphatic carbocycles. The van der Waals surface area contributed by atoms with Gasteiger partial charge in [0.25, 0.3) is 0 Å². The number of carbonyl (C=O) groups is 1. The highest BCUT2D eigenvalue weighted by Gasteiger charge is 2.17. The molecule has 1 amide bonds. The first-order valence-corrected chi connectivity index (χ1v) is 5.42. The monoisotopic (exact) mass is 215 g/mol. The van der Waals surface area contributed by atoms with Gasteiger partial charge in [0.2, 0.25) is 0 Å². The molecule has 15 heavy (non-hydrogen) atoms. The molecule has 1 heterocycles. The molecule has 0 aromatic carbocycles. The molecule has 5 nitrogen and oxygen atoms in total. The summed E-state index contributed by atoms with van der Waals surface area (Å²) in [7, 11) is 0. The number of nitrogens with one attached hydrogen (secondary N) is 3. The maximum atomic E-state index is 11.3. The van der Waals surface area contributed by atoms with E-state index in [9.17, 15) is 4.79 Å². The molecule has 1 rings (SSSR count). The van der Waals surface area contributed by atoms with Gasteiger partial charge < -0.3 is 10.1 Å². The minimum atomic E-state index is -0.445. The Morgan fingerprint density at radius 1 is 1.33 bits per heavy atom. The van der Waals surface area contributed by atoms with Crippen molar-refractivity contribution in [3.05, 3.63) is 0 Å². The Labute approximate surface area is 90.9 Å². The molecular formula is C10H21N3O2. The Balaban J connectivity index is 2.15. The summed E-state index contributed by atoms with van der Waals surface area (Å²) < 4.78 is 5.10. The number of hydrogen-bond donors (Lipinski definition) is 3. The highest BCUT2D eigenvalue weighted by Crippen LogP contribution is 2.06. The first kappa shape index (κ1) is 12.3. The maximum Gasteiger partial charge on any atom is 0.422 e. The molecule has 0 radical (unpaired) electrons. The van der Waals surface area contributed by atoms with E-state index in [-0.39, 0.29) is 0 Å². The van der Waals surface area contributed by atoms with E-state index in [0.29, 0.717) is 6.04 Å². The van der Waals surface area contributed by atoms with Crippen molar-refractivity contribution in [1.29, 1.82) is 0 Å². The zero-order valence-electron chi connectivity index (χ0n) is 9.72. The molecule has 0 aromatic heterocycles. The van der Waals surface area contributed by atoms with Crippen molar-refractivity contribution in [3.63, 3.8) is 0 Å². The van der Waals surface area contributed by atoms with Crippen LogP contribution in [0.4, 0.5) is 4.79 Å². The SMILES string of the molecule is CC(C)(C)OC(=O)NNC1CCNCC1. The van der Waals surface area contributed by atoms with Crippen molar-refractivity contribution < 1.29 is 9.53 Å². The van der Waals surface area contributed by atoms with Crippen LogP contribution in [-0.2, 0) is 4.74 Å². The van der Waals surface area contributed by atoms with Crippen LogP contribution in [-0.4, -0.2) is 30.8 Å². The second-order valence-corrected chi connectivity index (χ2v) is 4.80. The van der Waals surface area contributed by atoms with Crippen molar-refractivity contribution in [2.24, 2.45) is 0 Å². The summed E-state index contributed by atoms with van der Waals surface area (Å²) in [6.07, 6.45) is 1.63. The van der Waals surface area contributed by atoms with E-state index >= 15 is 0 Å².